The standard InChI is InChI=1S/C15H15ClFN/c1-10-4-3-5-12(11(10)2)9-18-15-7-6-13(17)8-14(15)16/h3-8,18H,9H2,1-2H3. The van der Waals surface area contributed by atoms with Crippen LogP contribution in [-0.2, 0) is 6.54 Å². The molecular formula is C15H15ClFN. The van der Waals surface area contributed by atoms with Crippen LogP contribution in [0.4, 0.5) is 10.1 Å². The number of rotatable bonds is 3. The summed E-state index contributed by atoms with van der Waals surface area (Å²) in [7, 11) is 0. The molecule has 0 fully saturated rings. The number of benzene rings is 2. The van der Waals surface area contributed by atoms with Crippen molar-refractivity contribution in [2.75, 3.05) is 5.32 Å². The van der Waals surface area contributed by atoms with Crippen LogP contribution in [0.1, 0.15) is 16.7 Å². The Morgan fingerprint density at radius 2 is 1.94 bits per heavy atom. The van der Waals surface area contributed by atoms with Crippen LogP contribution >= 0.6 is 11.6 Å². The molecule has 2 aromatic carbocycles. The Balaban J connectivity index is 2.14. The zero-order chi connectivity index (χ0) is 13.1. The van der Waals surface area contributed by atoms with E-state index in [-0.39, 0.29) is 5.82 Å². The molecular weight excluding hydrogens is 249 g/mol. The number of aryl methyl sites for hydroxylation is 1. The van der Waals surface area contributed by atoms with Crippen LogP contribution in [0.5, 0.6) is 0 Å². The third-order valence-electron chi connectivity index (χ3n) is 3.12. The molecule has 2 aromatic rings. The third-order valence-corrected chi connectivity index (χ3v) is 3.43. The smallest absolute Gasteiger partial charge is 0.124 e. The molecule has 94 valence electrons. The maximum absolute atomic E-state index is 12.9. The van der Waals surface area contributed by atoms with E-state index >= 15 is 0 Å². The Morgan fingerprint density at radius 3 is 2.67 bits per heavy atom. The van der Waals surface area contributed by atoms with Gasteiger partial charge < -0.3 is 5.32 Å². The maximum Gasteiger partial charge on any atom is 0.124 e. The van der Waals surface area contributed by atoms with E-state index in [9.17, 15) is 4.39 Å². The first-order chi connectivity index (χ1) is 8.58. The van der Waals surface area contributed by atoms with Gasteiger partial charge in [-0.25, -0.2) is 4.39 Å². The predicted molar refractivity (Wildman–Crippen MR) is 74.7 cm³/mol. The van der Waals surface area contributed by atoms with Crippen molar-refractivity contribution in [3.63, 3.8) is 0 Å². The van der Waals surface area contributed by atoms with E-state index < -0.39 is 0 Å². The fourth-order valence-electron chi connectivity index (χ4n) is 1.83. The minimum Gasteiger partial charge on any atom is -0.380 e. The molecule has 0 aliphatic heterocycles. The summed E-state index contributed by atoms with van der Waals surface area (Å²) in [6, 6.07) is 10.6. The second-order valence-electron chi connectivity index (χ2n) is 4.34. The molecule has 0 aliphatic carbocycles. The second-order valence-corrected chi connectivity index (χ2v) is 4.74. The first kappa shape index (κ1) is 12.9. The highest BCUT2D eigenvalue weighted by Crippen LogP contribution is 2.23. The third kappa shape index (κ3) is 2.82. The van der Waals surface area contributed by atoms with E-state index in [1.165, 1.54) is 28.8 Å². The summed E-state index contributed by atoms with van der Waals surface area (Å²) in [5, 5.41) is 3.63. The van der Waals surface area contributed by atoms with Gasteiger partial charge in [0, 0.05) is 6.54 Å². The van der Waals surface area contributed by atoms with E-state index in [4.69, 9.17) is 11.6 Å². The van der Waals surface area contributed by atoms with Crippen LogP contribution in [-0.4, -0.2) is 0 Å². The van der Waals surface area contributed by atoms with Crippen molar-refractivity contribution in [1.82, 2.24) is 0 Å². The Morgan fingerprint density at radius 1 is 1.17 bits per heavy atom. The zero-order valence-electron chi connectivity index (χ0n) is 10.4. The molecule has 0 spiro atoms. The Labute approximate surface area is 112 Å². The summed E-state index contributed by atoms with van der Waals surface area (Å²) in [4.78, 5) is 0. The van der Waals surface area contributed by atoms with Crippen LogP contribution in [0.3, 0.4) is 0 Å². The molecule has 18 heavy (non-hydrogen) atoms. The van der Waals surface area contributed by atoms with Crippen molar-refractivity contribution in [3.8, 4) is 0 Å². The Hall–Kier alpha value is -1.54. The van der Waals surface area contributed by atoms with E-state index in [2.05, 4.69) is 31.3 Å². The fraction of sp³-hybridized carbons (Fsp3) is 0.200. The van der Waals surface area contributed by atoms with Gasteiger partial charge in [0.05, 0.1) is 10.7 Å². The topological polar surface area (TPSA) is 12.0 Å². The average molecular weight is 264 g/mol. The van der Waals surface area contributed by atoms with Crippen LogP contribution in [0.2, 0.25) is 5.02 Å². The summed E-state index contributed by atoms with van der Waals surface area (Å²) in [5.41, 5.74) is 4.50. The van der Waals surface area contributed by atoms with Crippen molar-refractivity contribution in [1.29, 1.82) is 0 Å². The molecule has 1 N–H and O–H groups in total. The lowest BCUT2D eigenvalue weighted by Gasteiger charge is -2.12. The summed E-state index contributed by atoms with van der Waals surface area (Å²) in [6.45, 7) is 4.86. The molecule has 2 rings (SSSR count). The monoisotopic (exact) mass is 263 g/mol. The summed E-state index contributed by atoms with van der Waals surface area (Å²) < 4.78 is 12.9. The number of hydrogen-bond acceptors (Lipinski definition) is 1. The van der Waals surface area contributed by atoms with Crippen LogP contribution < -0.4 is 5.32 Å². The quantitative estimate of drug-likeness (QED) is 0.846. The summed E-state index contributed by atoms with van der Waals surface area (Å²) in [5.74, 6) is -0.322. The first-order valence-electron chi connectivity index (χ1n) is 5.82. The molecule has 0 aromatic heterocycles. The first-order valence-corrected chi connectivity index (χ1v) is 6.20. The van der Waals surface area contributed by atoms with E-state index in [0.29, 0.717) is 11.6 Å². The van der Waals surface area contributed by atoms with Crippen LogP contribution in [0.25, 0.3) is 0 Å². The van der Waals surface area contributed by atoms with Gasteiger partial charge in [-0.15, -0.1) is 0 Å². The number of nitrogens with one attached hydrogen (secondary N) is 1. The lowest BCUT2D eigenvalue weighted by Crippen LogP contribution is -2.02. The van der Waals surface area contributed by atoms with Gasteiger partial charge in [-0.1, -0.05) is 29.8 Å². The van der Waals surface area contributed by atoms with Crippen molar-refractivity contribution < 1.29 is 4.39 Å². The van der Waals surface area contributed by atoms with Gasteiger partial charge in [-0.3, -0.25) is 0 Å². The normalized spacial score (nSPS) is 10.4. The molecule has 0 saturated heterocycles. The van der Waals surface area contributed by atoms with Gasteiger partial charge in [0.25, 0.3) is 0 Å². The highest BCUT2D eigenvalue weighted by Gasteiger charge is 2.04. The molecule has 0 radical (unpaired) electrons. The Kier molecular flexibility index (Phi) is 3.87. The summed E-state index contributed by atoms with van der Waals surface area (Å²) in [6.07, 6.45) is 0. The van der Waals surface area contributed by atoms with Gasteiger partial charge in [-0.05, 0) is 48.7 Å². The highest BCUT2D eigenvalue weighted by atomic mass is 35.5. The lowest BCUT2D eigenvalue weighted by atomic mass is 10.0. The second kappa shape index (κ2) is 5.40. The Bertz CT molecular complexity index is 566. The molecule has 0 bridgehead atoms. The molecule has 3 heteroatoms. The van der Waals surface area contributed by atoms with Crippen molar-refractivity contribution in [3.05, 3.63) is 63.9 Å². The van der Waals surface area contributed by atoms with Crippen LogP contribution in [0.15, 0.2) is 36.4 Å². The maximum atomic E-state index is 12.9. The minimum atomic E-state index is -0.322. The number of hydrogen-bond donors (Lipinski definition) is 1. The van der Waals surface area contributed by atoms with Crippen molar-refractivity contribution in [2.45, 2.75) is 20.4 Å². The van der Waals surface area contributed by atoms with Crippen LogP contribution in [0, 0.1) is 19.7 Å². The van der Waals surface area contributed by atoms with Gasteiger partial charge in [-0.2, -0.15) is 0 Å². The molecule has 0 unspecified atom stereocenters. The predicted octanol–water partition coefficient (Wildman–Crippen LogP) is 4.71. The van der Waals surface area contributed by atoms with E-state index in [0.717, 1.165) is 5.69 Å². The average Bonchev–Trinajstić information content (AvgIpc) is 2.33. The van der Waals surface area contributed by atoms with Crippen molar-refractivity contribution in [2.24, 2.45) is 0 Å². The van der Waals surface area contributed by atoms with E-state index in [1.54, 1.807) is 6.07 Å². The van der Waals surface area contributed by atoms with Gasteiger partial charge in [0.2, 0.25) is 0 Å². The van der Waals surface area contributed by atoms with Gasteiger partial charge in [0.1, 0.15) is 5.82 Å². The number of halogens is 2. The van der Waals surface area contributed by atoms with Crippen molar-refractivity contribution >= 4 is 17.3 Å². The largest absolute Gasteiger partial charge is 0.380 e. The molecule has 1 nitrogen and oxygen atoms in total. The summed E-state index contributed by atoms with van der Waals surface area (Å²) >= 11 is 5.96. The number of anilines is 1. The van der Waals surface area contributed by atoms with Gasteiger partial charge in [0.15, 0.2) is 0 Å². The SMILES string of the molecule is Cc1cccc(CNc2ccc(F)cc2Cl)c1C. The molecule has 0 heterocycles. The molecule has 0 atom stereocenters. The highest BCUT2D eigenvalue weighted by molar-refractivity contribution is 6.33. The molecule has 0 amide bonds. The fourth-order valence-corrected chi connectivity index (χ4v) is 2.06. The molecule has 0 saturated carbocycles. The van der Waals surface area contributed by atoms with E-state index in [1.807, 2.05) is 6.07 Å². The lowest BCUT2D eigenvalue weighted by molar-refractivity contribution is 0.628. The minimum absolute atomic E-state index is 0.322. The molecule has 0 aliphatic rings. The zero-order valence-corrected chi connectivity index (χ0v) is 11.2. The van der Waals surface area contributed by atoms with Gasteiger partial charge >= 0.3 is 0 Å².